The van der Waals surface area contributed by atoms with Crippen molar-refractivity contribution in [1.82, 2.24) is 5.32 Å². The average Bonchev–Trinajstić information content (AvgIpc) is 3.15. The highest BCUT2D eigenvalue weighted by molar-refractivity contribution is 5.97. The fourth-order valence-electron chi connectivity index (χ4n) is 3.08. The lowest BCUT2D eigenvalue weighted by Crippen LogP contribution is -2.48. The van der Waals surface area contributed by atoms with Crippen LogP contribution < -0.4 is 21.3 Å². The molecule has 8 heteroatoms. The minimum absolute atomic E-state index is 0. The molecule has 1 saturated heterocycles. The fourth-order valence-corrected chi connectivity index (χ4v) is 3.08. The Morgan fingerprint density at radius 1 is 1.14 bits per heavy atom. The number of hydrogen-bond donors (Lipinski definition) is 3. The summed E-state index contributed by atoms with van der Waals surface area (Å²) in [4.78, 5) is 27.3. The lowest BCUT2D eigenvalue weighted by atomic mass is 10.0. The van der Waals surface area contributed by atoms with Crippen molar-refractivity contribution in [3.05, 3.63) is 24.3 Å². The van der Waals surface area contributed by atoms with Gasteiger partial charge in [0.2, 0.25) is 11.8 Å². The standard InChI is InChI=1S/C20H32N4O2.2ClH/c1-4-8-18(23-19(25)14(2)15(3)21)20(26)22-16-9-7-10-17(13-16)24-11-5-6-12-24;;/h7,9-10,13-15,18H,4-6,8,11-12,21H2,1-3H3,(H,22,26)(H,23,25);2*1H. The van der Waals surface area contributed by atoms with Crippen LogP contribution in [0.4, 0.5) is 11.4 Å². The zero-order valence-electron chi connectivity index (χ0n) is 16.9. The molecule has 1 aromatic carbocycles. The number of amides is 2. The molecule has 2 rings (SSSR count). The summed E-state index contributed by atoms with van der Waals surface area (Å²) in [6.45, 7) is 7.68. The van der Waals surface area contributed by atoms with Crippen LogP contribution in [0.3, 0.4) is 0 Å². The van der Waals surface area contributed by atoms with E-state index in [1.54, 1.807) is 13.8 Å². The molecule has 1 aliphatic heterocycles. The maximum atomic E-state index is 12.7. The van der Waals surface area contributed by atoms with E-state index in [-0.39, 0.29) is 48.6 Å². The van der Waals surface area contributed by atoms with E-state index >= 15 is 0 Å². The first kappa shape index (κ1) is 26.5. The molecule has 3 atom stereocenters. The molecule has 0 spiro atoms. The summed E-state index contributed by atoms with van der Waals surface area (Å²) in [6.07, 6.45) is 3.81. The van der Waals surface area contributed by atoms with Gasteiger partial charge in [-0.1, -0.05) is 26.3 Å². The van der Waals surface area contributed by atoms with Gasteiger partial charge in [0.15, 0.2) is 0 Å². The summed E-state index contributed by atoms with van der Waals surface area (Å²) >= 11 is 0. The fraction of sp³-hybridized carbons (Fsp3) is 0.600. The molecule has 0 bridgehead atoms. The van der Waals surface area contributed by atoms with Crippen LogP contribution in [-0.4, -0.2) is 37.0 Å². The smallest absolute Gasteiger partial charge is 0.246 e. The summed E-state index contributed by atoms with van der Waals surface area (Å²) in [5, 5.41) is 5.80. The van der Waals surface area contributed by atoms with Gasteiger partial charge in [-0.2, -0.15) is 0 Å². The van der Waals surface area contributed by atoms with E-state index < -0.39 is 6.04 Å². The molecule has 28 heavy (non-hydrogen) atoms. The number of halogens is 2. The minimum atomic E-state index is -0.552. The van der Waals surface area contributed by atoms with Crippen molar-refractivity contribution in [2.75, 3.05) is 23.3 Å². The van der Waals surface area contributed by atoms with Crippen LogP contribution in [0.5, 0.6) is 0 Å². The zero-order chi connectivity index (χ0) is 19.1. The number of nitrogens with two attached hydrogens (primary N) is 1. The summed E-state index contributed by atoms with van der Waals surface area (Å²) in [7, 11) is 0. The number of anilines is 2. The molecule has 6 nitrogen and oxygen atoms in total. The molecule has 0 aliphatic carbocycles. The van der Waals surface area contributed by atoms with Gasteiger partial charge in [0.05, 0.1) is 0 Å². The largest absolute Gasteiger partial charge is 0.371 e. The second-order valence-corrected chi connectivity index (χ2v) is 7.23. The van der Waals surface area contributed by atoms with Crippen molar-refractivity contribution >= 4 is 48.0 Å². The van der Waals surface area contributed by atoms with Crippen molar-refractivity contribution < 1.29 is 9.59 Å². The van der Waals surface area contributed by atoms with Gasteiger partial charge in [0.1, 0.15) is 6.04 Å². The molecule has 160 valence electrons. The molecule has 0 aromatic heterocycles. The predicted octanol–water partition coefficient (Wildman–Crippen LogP) is 3.34. The van der Waals surface area contributed by atoms with Gasteiger partial charge in [0, 0.05) is 36.4 Å². The van der Waals surface area contributed by atoms with Crippen molar-refractivity contribution in [1.29, 1.82) is 0 Å². The topological polar surface area (TPSA) is 87.5 Å². The normalized spacial score (nSPS) is 16.2. The Hall–Kier alpha value is -1.50. The summed E-state index contributed by atoms with van der Waals surface area (Å²) in [5.41, 5.74) is 7.68. The quantitative estimate of drug-likeness (QED) is 0.587. The highest BCUT2D eigenvalue weighted by Gasteiger charge is 2.24. The molecular formula is C20H34Cl2N4O2. The molecule has 0 saturated carbocycles. The van der Waals surface area contributed by atoms with Crippen molar-refractivity contribution in [3.63, 3.8) is 0 Å². The number of carbonyl (C=O) groups is 2. The van der Waals surface area contributed by atoms with E-state index in [4.69, 9.17) is 5.73 Å². The number of nitrogens with zero attached hydrogens (tertiary/aromatic N) is 1. The van der Waals surface area contributed by atoms with Crippen molar-refractivity contribution in [2.24, 2.45) is 11.7 Å². The second-order valence-electron chi connectivity index (χ2n) is 7.23. The van der Waals surface area contributed by atoms with E-state index in [0.717, 1.165) is 30.9 Å². The number of carbonyl (C=O) groups excluding carboxylic acids is 2. The third-order valence-electron chi connectivity index (χ3n) is 5.00. The molecule has 0 radical (unpaired) electrons. The number of rotatable bonds is 8. The molecular weight excluding hydrogens is 399 g/mol. The van der Waals surface area contributed by atoms with Gasteiger partial charge in [-0.15, -0.1) is 24.8 Å². The highest BCUT2D eigenvalue weighted by Crippen LogP contribution is 2.23. The molecule has 1 aromatic rings. The van der Waals surface area contributed by atoms with E-state index in [1.807, 2.05) is 25.1 Å². The summed E-state index contributed by atoms with van der Waals surface area (Å²) in [6, 6.07) is 7.10. The monoisotopic (exact) mass is 432 g/mol. The minimum Gasteiger partial charge on any atom is -0.371 e. The van der Waals surface area contributed by atoms with E-state index in [1.165, 1.54) is 12.8 Å². The molecule has 4 N–H and O–H groups in total. The molecule has 2 amide bonds. The molecule has 3 unspecified atom stereocenters. The van der Waals surface area contributed by atoms with E-state index in [0.29, 0.717) is 6.42 Å². The number of benzene rings is 1. The first-order chi connectivity index (χ1) is 12.4. The Balaban J connectivity index is 0.00000364. The van der Waals surface area contributed by atoms with Crippen LogP contribution in [0.25, 0.3) is 0 Å². The van der Waals surface area contributed by atoms with Gasteiger partial charge in [-0.25, -0.2) is 0 Å². The molecule has 1 fully saturated rings. The first-order valence-electron chi connectivity index (χ1n) is 9.64. The first-order valence-corrected chi connectivity index (χ1v) is 9.64. The summed E-state index contributed by atoms with van der Waals surface area (Å²) in [5.74, 6) is -0.698. The van der Waals surface area contributed by atoms with E-state index in [2.05, 4.69) is 21.6 Å². The van der Waals surface area contributed by atoms with Crippen LogP contribution in [0, 0.1) is 5.92 Å². The van der Waals surface area contributed by atoms with Crippen molar-refractivity contribution in [3.8, 4) is 0 Å². The summed E-state index contributed by atoms with van der Waals surface area (Å²) < 4.78 is 0. The van der Waals surface area contributed by atoms with Crippen LogP contribution in [0.2, 0.25) is 0 Å². The third-order valence-corrected chi connectivity index (χ3v) is 5.00. The lowest BCUT2D eigenvalue weighted by molar-refractivity contribution is -0.129. The van der Waals surface area contributed by atoms with Gasteiger partial charge in [0.25, 0.3) is 0 Å². The number of nitrogens with one attached hydrogen (secondary N) is 2. The van der Waals surface area contributed by atoms with Gasteiger partial charge < -0.3 is 21.3 Å². The number of hydrogen-bond acceptors (Lipinski definition) is 4. The van der Waals surface area contributed by atoms with Crippen LogP contribution in [-0.2, 0) is 9.59 Å². The van der Waals surface area contributed by atoms with Crippen LogP contribution >= 0.6 is 24.8 Å². The average molecular weight is 433 g/mol. The Morgan fingerprint density at radius 3 is 2.36 bits per heavy atom. The Kier molecular flexibility index (Phi) is 12.2. The highest BCUT2D eigenvalue weighted by atomic mass is 35.5. The Bertz CT molecular complexity index is 622. The second kappa shape index (κ2) is 12.9. The lowest BCUT2D eigenvalue weighted by Gasteiger charge is -2.22. The van der Waals surface area contributed by atoms with Gasteiger partial charge >= 0.3 is 0 Å². The third kappa shape index (κ3) is 7.49. The van der Waals surface area contributed by atoms with Crippen LogP contribution in [0.1, 0.15) is 46.5 Å². The zero-order valence-corrected chi connectivity index (χ0v) is 18.6. The molecule has 1 heterocycles. The van der Waals surface area contributed by atoms with Crippen LogP contribution in [0.15, 0.2) is 24.3 Å². The maximum Gasteiger partial charge on any atom is 0.246 e. The maximum absolute atomic E-state index is 12.7. The predicted molar refractivity (Wildman–Crippen MR) is 121 cm³/mol. The Morgan fingerprint density at radius 2 is 1.79 bits per heavy atom. The SMILES string of the molecule is CCCC(NC(=O)C(C)C(C)N)C(=O)Nc1cccc(N2CCCC2)c1.Cl.Cl. The van der Waals surface area contributed by atoms with Gasteiger partial charge in [-0.3, -0.25) is 9.59 Å². The molecule has 1 aliphatic rings. The van der Waals surface area contributed by atoms with E-state index in [9.17, 15) is 9.59 Å². The van der Waals surface area contributed by atoms with Gasteiger partial charge in [-0.05, 0) is 44.4 Å². The Labute approximate surface area is 180 Å². The van der Waals surface area contributed by atoms with Crippen molar-refractivity contribution in [2.45, 2.75) is 58.5 Å².